The quantitative estimate of drug-likeness (QED) is 0.520. The van der Waals surface area contributed by atoms with Crippen molar-refractivity contribution in [1.82, 2.24) is 0 Å². The van der Waals surface area contributed by atoms with Crippen molar-refractivity contribution in [2.45, 2.75) is 25.8 Å². The van der Waals surface area contributed by atoms with Crippen molar-refractivity contribution in [2.24, 2.45) is 0 Å². The number of hydrogen-bond donors (Lipinski definition) is 2. The molecule has 1 atom stereocenters. The molecule has 0 aliphatic heterocycles. The van der Waals surface area contributed by atoms with Crippen LogP contribution in [-0.2, 0) is 0 Å². The highest BCUT2D eigenvalue weighted by molar-refractivity contribution is 6.42. The van der Waals surface area contributed by atoms with Crippen molar-refractivity contribution < 1.29 is 14.4 Å². The molecule has 4 heteroatoms. The molecule has 0 aromatic heterocycles. The number of halogens is 1. The molecule has 0 aliphatic rings. The zero-order chi connectivity index (χ0) is 6.57. The molecule has 0 spiro atoms. The van der Waals surface area contributed by atoms with Gasteiger partial charge in [0.1, 0.15) is 6.07 Å². The van der Waals surface area contributed by atoms with E-state index in [0.29, 0.717) is 6.42 Å². The summed E-state index contributed by atoms with van der Waals surface area (Å²) in [6.07, 6.45) is -0.615. The van der Waals surface area contributed by atoms with Crippen molar-refractivity contribution in [2.75, 3.05) is 0 Å². The smallest absolute Gasteiger partial charge is 0.425 e. The molecule has 48 valence electrons. The maximum Gasteiger partial charge on any atom is 0.488 e. The fraction of sp³-hybridized carbons (Fsp3) is 1.00. The molecule has 0 aromatic carbocycles. The van der Waals surface area contributed by atoms with Gasteiger partial charge in [-0.3, -0.25) is 4.39 Å². The average molecular weight is 120 g/mol. The Bertz CT molecular complexity index is 60.0. The van der Waals surface area contributed by atoms with Crippen LogP contribution in [0.5, 0.6) is 0 Å². The summed E-state index contributed by atoms with van der Waals surface area (Å²) in [5, 5.41) is 16.3. The van der Waals surface area contributed by atoms with Gasteiger partial charge in [0.2, 0.25) is 0 Å². The Balaban J connectivity index is 3.17. The molecule has 0 saturated heterocycles. The van der Waals surface area contributed by atoms with E-state index in [-0.39, 0.29) is 6.42 Å². The highest BCUT2D eigenvalue weighted by Crippen LogP contribution is 2.00. The summed E-state index contributed by atoms with van der Waals surface area (Å²) < 4.78 is 12.0. The Hall–Kier alpha value is -0.0851. The largest absolute Gasteiger partial charge is 0.488 e. The molecule has 0 fully saturated rings. The second-order valence-electron chi connectivity index (χ2n) is 1.72. The van der Waals surface area contributed by atoms with Gasteiger partial charge in [-0.05, 0) is 6.42 Å². The standard InChI is InChI=1S/C4H10BFO2/c1-2-3-4(6)5(7)8/h4,7-8H,2-3H2,1H3. The van der Waals surface area contributed by atoms with Gasteiger partial charge in [-0.25, -0.2) is 0 Å². The minimum absolute atomic E-state index is 0.220. The third kappa shape index (κ3) is 2.99. The number of hydrogen-bond acceptors (Lipinski definition) is 2. The molecule has 0 aliphatic carbocycles. The molecule has 0 rings (SSSR count). The molecule has 8 heavy (non-hydrogen) atoms. The first-order valence-corrected chi connectivity index (χ1v) is 2.68. The van der Waals surface area contributed by atoms with Gasteiger partial charge in [-0.15, -0.1) is 0 Å². The molecule has 0 amide bonds. The first kappa shape index (κ1) is 7.91. The predicted octanol–water partition coefficient (Wildman–Crippen LogP) is 0.137. The van der Waals surface area contributed by atoms with E-state index in [1.807, 2.05) is 0 Å². The lowest BCUT2D eigenvalue weighted by atomic mass is 9.81. The van der Waals surface area contributed by atoms with Crippen LogP contribution in [0, 0.1) is 0 Å². The molecule has 0 radical (unpaired) electrons. The SMILES string of the molecule is CCCC(F)B(O)O. The van der Waals surface area contributed by atoms with Gasteiger partial charge < -0.3 is 10.0 Å². The Labute approximate surface area is 48.5 Å². The van der Waals surface area contributed by atoms with Gasteiger partial charge in [-0.1, -0.05) is 13.3 Å². The summed E-state index contributed by atoms with van der Waals surface area (Å²) in [7, 11) is -1.80. The summed E-state index contributed by atoms with van der Waals surface area (Å²) in [6, 6.07) is 0. The monoisotopic (exact) mass is 120 g/mol. The fourth-order valence-electron chi connectivity index (χ4n) is 0.425. The van der Waals surface area contributed by atoms with Gasteiger partial charge in [0.15, 0.2) is 0 Å². The van der Waals surface area contributed by atoms with Crippen LogP contribution in [0.25, 0.3) is 0 Å². The van der Waals surface area contributed by atoms with Gasteiger partial charge in [0, 0.05) is 0 Å². The Kier molecular flexibility index (Phi) is 3.82. The number of rotatable bonds is 3. The van der Waals surface area contributed by atoms with Crippen LogP contribution in [0.3, 0.4) is 0 Å². The highest BCUT2D eigenvalue weighted by atomic mass is 19.1. The lowest BCUT2D eigenvalue weighted by molar-refractivity contribution is 0.295. The second-order valence-corrected chi connectivity index (χ2v) is 1.72. The summed E-state index contributed by atoms with van der Waals surface area (Å²) in [5.74, 6) is 0. The van der Waals surface area contributed by atoms with Gasteiger partial charge in [0.05, 0.1) is 0 Å². The van der Waals surface area contributed by atoms with Crippen molar-refractivity contribution in [3.63, 3.8) is 0 Å². The Morgan fingerprint density at radius 1 is 1.62 bits per heavy atom. The number of alkyl halides is 1. The maximum absolute atomic E-state index is 12.0. The molecule has 2 nitrogen and oxygen atoms in total. The normalized spacial score (nSPS) is 13.5. The van der Waals surface area contributed by atoms with Crippen LogP contribution in [0.15, 0.2) is 0 Å². The van der Waals surface area contributed by atoms with Crippen LogP contribution in [0.4, 0.5) is 4.39 Å². The summed E-state index contributed by atoms with van der Waals surface area (Å²) in [5.41, 5.74) is 0. The minimum Gasteiger partial charge on any atom is -0.425 e. The molecule has 0 aromatic rings. The van der Waals surface area contributed by atoms with Crippen LogP contribution in [-0.4, -0.2) is 23.2 Å². The molecule has 1 unspecified atom stereocenters. The van der Waals surface area contributed by atoms with Crippen LogP contribution >= 0.6 is 0 Å². The van der Waals surface area contributed by atoms with E-state index in [4.69, 9.17) is 10.0 Å². The average Bonchev–Trinajstić information content (AvgIpc) is 1.67. The predicted molar refractivity (Wildman–Crippen MR) is 30.0 cm³/mol. The first-order valence-electron chi connectivity index (χ1n) is 2.68. The summed E-state index contributed by atoms with van der Waals surface area (Å²) in [6.45, 7) is 1.79. The van der Waals surface area contributed by atoms with E-state index in [0.717, 1.165) is 0 Å². The van der Waals surface area contributed by atoms with E-state index >= 15 is 0 Å². The van der Waals surface area contributed by atoms with E-state index in [2.05, 4.69) is 0 Å². The Morgan fingerprint density at radius 2 is 2.12 bits per heavy atom. The van der Waals surface area contributed by atoms with Crippen molar-refractivity contribution in [3.05, 3.63) is 0 Å². The third-order valence-corrected chi connectivity index (χ3v) is 0.888. The first-order chi connectivity index (χ1) is 3.68. The van der Waals surface area contributed by atoms with Crippen molar-refractivity contribution in [1.29, 1.82) is 0 Å². The maximum atomic E-state index is 12.0. The molecule has 0 heterocycles. The second kappa shape index (κ2) is 3.86. The Morgan fingerprint density at radius 3 is 2.25 bits per heavy atom. The van der Waals surface area contributed by atoms with Gasteiger partial charge in [0.25, 0.3) is 0 Å². The van der Waals surface area contributed by atoms with E-state index < -0.39 is 13.2 Å². The molecule has 0 bridgehead atoms. The van der Waals surface area contributed by atoms with Crippen LogP contribution in [0.2, 0.25) is 0 Å². The third-order valence-electron chi connectivity index (χ3n) is 0.888. The molecule has 2 N–H and O–H groups in total. The van der Waals surface area contributed by atoms with Crippen LogP contribution < -0.4 is 0 Å². The lowest BCUT2D eigenvalue weighted by Gasteiger charge is -2.01. The van der Waals surface area contributed by atoms with Crippen molar-refractivity contribution in [3.8, 4) is 0 Å². The molecular weight excluding hydrogens is 110 g/mol. The zero-order valence-corrected chi connectivity index (χ0v) is 4.84. The van der Waals surface area contributed by atoms with E-state index in [9.17, 15) is 4.39 Å². The fourth-order valence-corrected chi connectivity index (χ4v) is 0.425. The van der Waals surface area contributed by atoms with E-state index in [1.54, 1.807) is 6.92 Å². The van der Waals surface area contributed by atoms with E-state index in [1.165, 1.54) is 0 Å². The summed E-state index contributed by atoms with van der Waals surface area (Å²) >= 11 is 0. The van der Waals surface area contributed by atoms with Gasteiger partial charge in [-0.2, -0.15) is 0 Å². The lowest BCUT2D eigenvalue weighted by Crippen LogP contribution is -2.26. The summed E-state index contributed by atoms with van der Waals surface area (Å²) in [4.78, 5) is 0. The topological polar surface area (TPSA) is 40.5 Å². The van der Waals surface area contributed by atoms with Crippen molar-refractivity contribution >= 4 is 7.12 Å². The molecule has 0 saturated carbocycles. The van der Waals surface area contributed by atoms with Crippen LogP contribution in [0.1, 0.15) is 19.8 Å². The highest BCUT2D eigenvalue weighted by Gasteiger charge is 2.20. The minimum atomic E-state index is -1.80. The molecular formula is C4H10BFO2. The van der Waals surface area contributed by atoms with Gasteiger partial charge >= 0.3 is 7.12 Å². The zero-order valence-electron chi connectivity index (χ0n) is 4.84.